The lowest BCUT2D eigenvalue weighted by Gasteiger charge is -2.30. The van der Waals surface area contributed by atoms with E-state index < -0.39 is 5.97 Å². The molecule has 1 fully saturated rings. The molecule has 3 rings (SSSR count). The van der Waals surface area contributed by atoms with E-state index in [9.17, 15) is 0 Å². The SMILES string of the molecule is CCOC1(OCC)ON(c2ccccc2)C(c2ccccc2)C1C. The standard InChI is InChI=1S/C20H25NO3/c1-4-22-20(23-5-2)16(3)19(17-12-8-6-9-13-17)21(24-20)18-14-10-7-11-15-18/h6-16,19H,4-5H2,1-3H3. The number of para-hydroxylation sites is 1. The van der Waals surface area contributed by atoms with E-state index in [0.29, 0.717) is 13.2 Å². The van der Waals surface area contributed by atoms with Crippen LogP contribution in [-0.4, -0.2) is 19.2 Å². The first-order valence-electron chi connectivity index (χ1n) is 8.58. The lowest BCUT2D eigenvalue weighted by Crippen LogP contribution is -2.42. The Hall–Kier alpha value is -1.88. The zero-order valence-corrected chi connectivity index (χ0v) is 14.5. The number of hydrogen-bond acceptors (Lipinski definition) is 4. The summed E-state index contributed by atoms with van der Waals surface area (Å²) in [6.45, 7) is 7.08. The lowest BCUT2D eigenvalue weighted by molar-refractivity contribution is -0.378. The van der Waals surface area contributed by atoms with E-state index in [1.165, 1.54) is 5.56 Å². The number of anilines is 1. The second-order valence-electron chi connectivity index (χ2n) is 5.87. The Balaban J connectivity index is 2.04. The van der Waals surface area contributed by atoms with Crippen LogP contribution >= 0.6 is 0 Å². The number of ether oxygens (including phenoxy) is 2. The van der Waals surface area contributed by atoms with Gasteiger partial charge >= 0.3 is 5.97 Å². The molecular weight excluding hydrogens is 302 g/mol. The summed E-state index contributed by atoms with van der Waals surface area (Å²) in [5.41, 5.74) is 2.16. The predicted molar refractivity (Wildman–Crippen MR) is 94.3 cm³/mol. The van der Waals surface area contributed by atoms with E-state index in [4.69, 9.17) is 14.3 Å². The van der Waals surface area contributed by atoms with Gasteiger partial charge in [0.05, 0.1) is 17.6 Å². The summed E-state index contributed by atoms with van der Waals surface area (Å²) in [7, 11) is 0. The first-order valence-corrected chi connectivity index (χ1v) is 8.58. The monoisotopic (exact) mass is 327 g/mol. The van der Waals surface area contributed by atoms with E-state index >= 15 is 0 Å². The van der Waals surface area contributed by atoms with Crippen LogP contribution in [0, 0.1) is 5.92 Å². The van der Waals surface area contributed by atoms with Crippen molar-refractivity contribution in [3.8, 4) is 0 Å². The van der Waals surface area contributed by atoms with Crippen molar-refractivity contribution in [3.63, 3.8) is 0 Å². The largest absolute Gasteiger partial charge is 0.326 e. The molecule has 1 aliphatic rings. The molecule has 0 aromatic heterocycles. The maximum Gasteiger partial charge on any atom is 0.310 e. The third-order valence-electron chi connectivity index (χ3n) is 4.35. The van der Waals surface area contributed by atoms with Crippen LogP contribution < -0.4 is 5.06 Å². The van der Waals surface area contributed by atoms with E-state index in [0.717, 1.165) is 5.69 Å². The van der Waals surface area contributed by atoms with Gasteiger partial charge in [0.1, 0.15) is 0 Å². The van der Waals surface area contributed by atoms with Crippen LogP contribution in [0.3, 0.4) is 0 Å². The second-order valence-corrected chi connectivity index (χ2v) is 5.87. The fraction of sp³-hybridized carbons (Fsp3) is 0.400. The van der Waals surface area contributed by atoms with Crippen LogP contribution in [0.2, 0.25) is 0 Å². The second kappa shape index (κ2) is 7.34. The summed E-state index contributed by atoms with van der Waals surface area (Å²) in [6.07, 6.45) is 0. The van der Waals surface area contributed by atoms with Gasteiger partial charge in [0, 0.05) is 13.2 Å². The molecule has 0 radical (unpaired) electrons. The maximum absolute atomic E-state index is 6.28. The lowest BCUT2D eigenvalue weighted by atomic mass is 9.93. The Labute approximate surface area is 143 Å². The quantitative estimate of drug-likeness (QED) is 0.729. The normalized spacial score (nSPS) is 22.7. The molecule has 1 aliphatic heterocycles. The van der Waals surface area contributed by atoms with E-state index in [-0.39, 0.29) is 12.0 Å². The van der Waals surface area contributed by atoms with E-state index in [1.54, 1.807) is 0 Å². The molecule has 0 N–H and O–H groups in total. The number of nitrogens with zero attached hydrogens (tertiary/aromatic N) is 1. The van der Waals surface area contributed by atoms with Gasteiger partial charge in [0.15, 0.2) is 0 Å². The highest BCUT2D eigenvalue weighted by molar-refractivity contribution is 5.47. The smallest absolute Gasteiger partial charge is 0.310 e. The third kappa shape index (κ3) is 3.05. The van der Waals surface area contributed by atoms with Crippen molar-refractivity contribution < 1.29 is 14.3 Å². The molecule has 1 heterocycles. The molecule has 0 saturated carbocycles. The molecule has 2 aromatic carbocycles. The van der Waals surface area contributed by atoms with Crippen LogP contribution in [0.15, 0.2) is 60.7 Å². The van der Waals surface area contributed by atoms with Crippen LogP contribution in [0.25, 0.3) is 0 Å². The van der Waals surface area contributed by atoms with Gasteiger partial charge in [-0.2, -0.15) is 0 Å². The topological polar surface area (TPSA) is 30.9 Å². The fourth-order valence-electron chi connectivity index (χ4n) is 3.30. The van der Waals surface area contributed by atoms with Crippen LogP contribution in [0.5, 0.6) is 0 Å². The van der Waals surface area contributed by atoms with Crippen molar-refractivity contribution in [2.24, 2.45) is 5.92 Å². The van der Waals surface area contributed by atoms with Crippen molar-refractivity contribution in [1.29, 1.82) is 0 Å². The van der Waals surface area contributed by atoms with Gasteiger partial charge in [0.25, 0.3) is 0 Å². The van der Waals surface area contributed by atoms with Gasteiger partial charge in [-0.15, -0.1) is 0 Å². The van der Waals surface area contributed by atoms with Crippen molar-refractivity contribution >= 4 is 5.69 Å². The molecule has 1 saturated heterocycles. The van der Waals surface area contributed by atoms with Crippen LogP contribution in [0.4, 0.5) is 5.69 Å². The molecular formula is C20H25NO3. The minimum atomic E-state index is -1.07. The number of hydrogen-bond donors (Lipinski definition) is 0. The van der Waals surface area contributed by atoms with Gasteiger partial charge in [0.2, 0.25) is 0 Å². The first kappa shape index (κ1) is 17.0. The third-order valence-corrected chi connectivity index (χ3v) is 4.35. The molecule has 0 bridgehead atoms. The number of rotatable bonds is 6. The zero-order valence-electron chi connectivity index (χ0n) is 14.5. The van der Waals surface area contributed by atoms with Gasteiger partial charge in [-0.3, -0.25) is 0 Å². The Morgan fingerprint density at radius 2 is 1.46 bits per heavy atom. The van der Waals surface area contributed by atoms with Gasteiger partial charge in [-0.25, -0.2) is 9.90 Å². The molecule has 24 heavy (non-hydrogen) atoms. The summed E-state index contributed by atoms with van der Waals surface area (Å²) in [5, 5.41) is 1.92. The summed E-state index contributed by atoms with van der Waals surface area (Å²) < 4.78 is 11.9. The van der Waals surface area contributed by atoms with E-state index in [2.05, 4.69) is 19.1 Å². The summed E-state index contributed by atoms with van der Waals surface area (Å²) in [4.78, 5) is 6.28. The average Bonchev–Trinajstić information content (AvgIpc) is 2.90. The highest BCUT2D eigenvalue weighted by Gasteiger charge is 2.55. The van der Waals surface area contributed by atoms with E-state index in [1.807, 2.05) is 67.4 Å². The fourth-order valence-corrected chi connectivity index (χ4v) is 3.30. The molecule has 2 atom stereocenters. The van der Waals surface area contributed by atoms with Gasteiger partial charge in [-0.05, 0) is 31.5 Å². The van der Waals surface area contributed by atoms with Crippen LogP contribution in [0.1, 0.15) is 32.4 Å². The summed E-state index contributed by atoms with van der Waals surface area (Å²) >= 11 is 0. The maximum atomic E-state index is 6.28. The summed E-state index contributed by atoms with van der Waals surface area (Å²) in [5.74, 6) is -1.07. The molecule has 4 nitrogen and oxygen atoms in total. The highest BCUT2D eigenvalue weighted by atomic mass is 16.9. The van der Waals surface area contributed by atoms with Crippen molar-refractivity contribution in [1.82, 2.24) is 0 Å². The summed E-state index contributed by atoms with van der Waals surface area (Å²) in [6, 6.07) is 20.5. The Morgan fingerprint density at radius 3 is 2.00 bits per heavy atom. The highest BCUT2D eigenvalue weighted by Crippen LogP contribution is 2.48. The molecule has 0 amide bonds. The molecule has 2 unspecified atom stereocenters. The van der Waals surface area contributed by atoms with Crippen molar-refractivity contribution in [3.05, 3.63) is 66.2 Å². The zero-order chi connectivity index (χ0) is 17.0. The Kier molecular flexibility index (Phi) is 5.19. The Bertz CT molecular complexity index is 626. The van der Waals surface area contributed by atoms with Gasteiger partial charge in [-0.1, -0.05) is 55.5 Å². The molecule has 0 aliphatic carbocycles. The minimum Gasteiger partial charge on any atom is -0.326 e. The number of benzene rings is 2. The Morgan fingerprint density at radius 1 is 0.917 bits per heavy atom. The van der Waals surface area contributed by atoms with Crippen molar-refractivity contribution in [2.45, 2.75) is 32.8 Å². The molecule has 0 spiro atoms. The van der Waals surface area contributed by atoms with Crippen molar-refractivity contribution in [2.75, 3.05) is 18.3 Å². The van der Waals surface area contributed by atoms with Crippen LogP contribution in [-0.2, 0) is 14.3 Å². The molecule has 128 valence electrons. The average molecular weight is 327 g/mol. The first-order chi connectivity index (χ1) is 11.7. The molecule has 4 heteroatoms. The molecule has 2 aromatic rings. The predicted octanol–water partition coefficient (Wildman–Crippen LogP) is 4.54. The number of hydroxylamine groups is 1. The van der Waals surface area contributed by atoms with Gasteiger partial charge < -0.3 is 9.47 Å². The minimum absolute atomic E-state index is 0.00000567.